The quantitative estimate of drug-likeness (QED) is 0.924. The van der Waals surface area contributed by atoms with Gasteiger partial charge in [0.2, 0.25) is 0 Å². The molecule has 18 heavy (non-hydrogen) atoms. The Kier molecular flexibility index (Phi) is 4.42. The number of nitrogens with zero attached hydrogens (tertiary/aromatic N) is 1. The summed E-state index contributed by atoms with van der Waals surface area (Å²) in [6.45, 7) is 0.691. The molecule has 0 atom stereocenters. The maximum Gasteiger partial charge on any atom is 0.150 e. The van der Waals surface area contributed by atoms with Crippen molar-refractivity contribution >= 4 is 23.2 Å². The molecule has 0 unspecified atom stereocenters. The number of nitrogens with one attached hydrogen (secondary N) is 1. The molecule has 0 aliphatic heterocycles. The van der Waals surface area contributed by atoms with Crippen molar-refractivity contribution in [3.8, 4) is 11.5 Å². The molecular formula is C13H12Cl2N2O. The topological polar surface area (TPSA) is 34.2 Å². The predicted octanol–water partition coefficient (Wildman–Crippen LogP) is 3.90. The van der Waals surface area contributed by atoms with Crippen LogP contribution in [0.1, 0.15) is 5.56 Å². The number of hydrogen-bond donors (Lipinski definition) is 1. The number of pyridine rings is 1. The Morgan fingerprint density at radius 2 is 2.06 bits per heavy atom. The van der Waals surface area contributed by atoms with Gasteiger partial charge >= 0.3 is 0 Å². The summed E-state index contributed by atoms with van der Waals surface area (Å²) in [4.78, 5) is 4.05. The molecular weight excluding hydrogens is 271 g/mol. The van der Waals surface area contributed by atoms with Gasteiger partial charge in [0.25, 0.3) is 0 Å². The third kappa shape index (κ3) is 2.93. The highest BCUT2D eigenvalue weighted by Gasteiger charge is 2.09. The fourth-order valence-corrected chi connectivity index (χ4v) is 1.85. The van der Waals surface area contributed by atoms with Gasteiger partial charge in [-0.25, -0.2) is 0 Å². The van der Waals surface area contributed by atoms with Crippen molar-refractivity contribution in [2.75, 3.05) is 7.05 Å². The molecule has 1 aromatic heterocycles. The molecule has 94 valence electrons. The molecule has 0 aliphatic carbocycles. The van der Waals surface area contributed by atoms with Crippen molar-refractivity contribution in [3.05, 3.63) is 52.3 Å². The van der Waals surface area contributed by atoms with Gasteiger partial charge in [-0.05, 0) is 25.2 Å². The van der Waals surface area contributed by atoms with Gasteiger partial charge in [0.1, 0.15) is 16.5 Å². The second-order valence-electron chi connectivity index (χ2n) is 3.67. The fraction of sp³-hybridized carbons (Fsp3) is 0.154. The minimum atomic E-state index is 0.401. The van der Waals surface area contributed by atoms with Crippen LogP contribution in [-0.4, -0.2) is 12.0 Å². The summed E-state index contributed by atoms with van der Waals surface area (Å²) >= 11 is 12.0. The molecule has 1 N–H and O–H groups in total. The lowest BCUT2D eigenvalue weighted by atomic mass is 10.2. The number of benzene rings is 1. The number of halogens is 2. The SMILES string of the molecule is CNCc1ccncc1Oc1cccc(Cl)c1Cl. The number of ether oxygens (including phenoxy) is 1. The highest BCUT2D eigenvalue weighted by atomic mass is 35.5. The summed E-state index contributed by atoms with van der Waals surface area (Å²) in [5.74, 6) is 1.19. The van der Waals surface area contributed by atoms with E-state index in [4.69, 9.17) is 27.9 Å². The van der Waals surface area contributed by atoms with E-state index >= 15 is 0 Å². The average molecular weight is 283 g/mol. The first kappa shape index (κ1) is 13.1. The molecule has 0 saturated heterocycles. The Hall–Kier alpha value is -1.29. The second kappa shape index (κ2) is 6.05. The smallest absolute Gasteiger partial charge is 0.150 e. The number of rotatable bonds is 4. The van der Waals surface area contributed by atoms with Crippen LogP contribution in [0.15, 0.2) is 36.7 Å². The minimum Gasteiger partial charge on any atom is -0.454 e. The molecule has 2 aromatic rings. The highest BCUT2D eigenvalue weighted by Crippen LogP contribution is 2.35. The number of hydrogen-bond acceptors (Lipinski definition) is 3. The van der Waals surface area contributed by atoms with Crippen LogP contribution in [0.5, 0.6) is 11.5 Å². The van der Waals surface area contributed by atoms with E-state index in [2.05, 4.69) is 10.3 Å². The Labute approximate surface area is 116 Å². The molecule has 0 saturated carbocycles. The minimum absolute atomic E-state index is 0.401. The summed E-state index contributed by atoms with van der Waals surface area (Å²) in [5, 5.41) is 3.94. The van der Waals surface area contributed by atoms with Crippen molar-refractivity contribution in [3.63, 3.8) is 0 Å². The maximum absolute atomic E-state index is 6.08. The summed E-state index contributed by atoms with van der Waals surface area (Å²) < 4.78 is 5.75. The first-order chi connectivity index (χ1) is 8.72. The molecule has 0 aliphatic rings. The van der Waals surface area contributed by atoms with Crippen LogP contribution in [0.3, 0.4) is 0 Å². The largest absolute Gasteiger partial charge is 0.454 e. The molecule has 1 aromatic carbocycles. The van der Waals surface area contributed by atoms with Gasteiger partial charge in [0, 0.05) is 18.3 Å². The lowest BCUT2D eigenvalue weighted by Crippen LogP contribution is -2.06. The molecule has 2 rings (SSSR count). The lowest BCUT2D eigenvalue weighted by molar-refractivity contribution is 0.472. The van der Waals surface area contributed by atoms with E-state index in [0.29, 0.717) is 28.1 Å². The van der Waals surface area contributed by atoms with Crippen LogP contribution in [0.4, 0.5) is 0 Å². The third-order valence-corrected chi connectivity index (χ3v) is 3.17. The fourth-order valence-electron chi connectivity index (χ4n) is 1.52. The van der Waals surface area contributed by atoms with Crippen molar-refractivity contribution in [1.29, 1.82) is 0 Å². The Balaban J connectivity index is 2.31. The molecule has 5 heteroatoms. The summed E-state index contributed by atoms with van der Waals surface area (Å²) in [5.41, 5.74) is 1.00. The van der Waals surface area contributed by atoms with Gasteiger partial charge < -0.3 is 10.1 Å². The molecule has 0 fully saturated rings. The van der Waals surface area contributed by atoms with Crippen molar-refractivity contribution in [2.45, 2.75) is 6.54 Å². The molecule has 0 bridgehead atoms. The van der Waals surface area contributed by atoms with Gasteiger partial charge in [0.05, 0.1) is 11.2 Å². The first-order valence-corrected chi connectivity index (χ1v) is 6.17. The van der Waals surface area contributed by atoms with E-state index in [-0.39, 0.29) is 0 Å². The number of aromatic nitrogens is 1. The molecule has 0 amide bonds. The monoisotopic (exact) mass is 282 g/mol. The molecule has 1 heterocycles. The normalized spacial score (nSPS) is 10.4. The third-order valence-electron chi connectivity index (χ3n) is 2.37. The van der Waals surface area contributed by atoms with E-state index in [1.54, 1.807) is 30.6 Å². The van der Waals surface area contributed by atoms with Crippen LogP contribution >= 0.6 is 23.2 Å². The maximum atomic E-state index is 6.08. The van der Waals surface area contributed by atoms with E-state index in [1.165, 1.54) is 0 Å². The molecule has 0 spiro atoms. The first-order valence-electron chi connectivity index (χ1n) is 5.41. The van der Waals surface area contributed by atoms with E-state index in [9.17, 15) is 0 Å². The van der Waals surface area contributed by atoms with Crippen LogP contribution in [0.25, 0.3) is 0 Å². The Morgan fingerprint density at radius 1 is 1.22 bits per heavy atom. The predicted molar refractivity (Wildman–Crippen MR) is 73.5 cm³/mol. The van der Waals surface area contributed by atoms with Crippen LogP contribution in [0.2, 0.25) is 10.0 Å². The van der Waals surface area contributed by atoms with Crippen molar-refractivity contribution < 1.29 is 4.74 Å². The standard InChI is InChI=1S/C13H12Cl2N2O/c1-16-7-9-5-6-17-8-12(9)18-11-4-2-3-10(14)13(11)15/h2-6,8,16H,7H2,1H3. The van der Waals surface area contributed by atoms with Gasteiger partial charge in [0.15, 0.2) is 0 Å². The molecule has 3 nitrogen and oxygen atoms in total. The zero-order chi connectivity index (χ0) is 13.0. The zero-order valence-corrected chi connectivity index (χ0v) is 11.3. The Morgan fingerprint density at radius 3 is 2.83 bits per heavy atom. The highest BCUT2D eigenvalue weighted by molar-refractivity contribution is 6.42. The summed E-state index contributed by atoms with van der Waals surface area (Å²) in [6, 6.07) is 7.17. The van der Waals surface area contributed by atoms with Crippen molar-refractivity contribution in [1.82, 2.24) is 10.3 Å². The van der Waals surface area contributed by atoms with Crippen LogP contribution in [-0.2, 0) is 6.54 Å². The lowest BCUT2D eigenvalue weighted by Gasteiger charge is -2.11. The second-order valence-corrected chi connectivity index (χ2v) is 4.45. The van der Waals surface area contributed by atoms with Crippen LogP contribution < -0.4 is 10.1 Å². The average Bonchev–Trinajstić information content (AvgIpc) is 2.37. The van der Waals surface area contributed by atoms with E-state index in [0.717, 1.165) is 5.56 Å². The van der Waals surface area contributed by atoms with Gasteiger partial charge in [-0.15, -0.1) is 0 Å². The van der Waals surface area contributed by atoms with Gasteiger partial charge in [-0.3, -0.25) is 4.98 Å². The summed E-state index contributed by atoms with van der Waals surface area (Å²) in [6.07, 6.45) is 3.38. The van der Waals surface area contributed by atoms with Crippen molar-refractivity contribution in [2.24, 2.45) is 0 Å². The van der Waals surface area contributed by atoms with E-state index in [1.807, 2.05) is 13.1 Å². The molecule has 0 radical (unpaired) electrons. The zero-order valence-electron chi connectivity index (χ0n) is 9.78. The van der Waals surface area contributed by atoms with Gasteiger partial charge in [-0.2, -0.15) is 0 Å². The Bertz CT molecular complexity index is 546. The van der Waals surface area contributed by atoms with Gasteiger partial charge in [-0.1, -0.05) is 29.3 Å². The van der Waals surface area contributed by atoms with E-state index < -0.39 is 0 Å². The summed E-state index contributed by atoms with van der Waals surface area (Å²) in [7, 11) is 1.87. The van der Waals surface area contributed by atoms with Crippen LogP contribution in [0, 0.1) is 0 Å².